The van der Waals surface area contributed by atoms with Crippen LogP contribution >= 0.6 is 15.6 Å². The Morgan fingerprint density at radius 1 is 0.282 bits per heavy atom. The first kappa shape index (κ1) is 101. The quantitative estimate of drug-likeness (QED) is 0.0222. The topological polar surface area (TPSA) is 237 Å². The second-order valence-electron chi connectivity index (χ2n) is 31.4. The summed E-state index contributed by atoms with van der Waals surface area (Å²) in [5.74, 6) is 0.219. The van der Waals surface area contributed by atoms with Crippen LogP contribution < -0.4 is 0 Å². The summed E-state index contributed by atoms with van der Waals surface area (Å²) in [6.07, 6.45) is 64.0. The lowest BCUT2D eigenvalue weighted by Crippen LogP contribution is -2.30. The lowest BCUT2D eigenvalue weighted by atomic mass is 9.99. The monoisotopic (exact) mass is 1510 g/mol. The van der Waals surface area contributed by atoms with Crippen molar-refractivity contribution in [2.45, 2.75) is 458 Å². The molecule has 0 spiro atoms. The number of aliphatic hydroxyl groups excluding tert-OH is 1. The van der Waals surface area contributed by atoms with Crippen LogP contribution in [-0.2, 0) is 65.4 Å². The Morgan fingerprint density at radius 3 is 0.738 bits per heavy atom. The number of carbonyl (C=O) groups is 4. The van der Waals surface area contributed by atoms with Crippen LogP contribution in [0.25, 0.3) is 0 Å². The van der Waals surface area contributed by atoms with E-state index in [4.69, 9.17) is 37.0 Å². The van der Waals surface area contributed by atoms with E-state index in [1.807, 2.05) is 0 Å². The van der Waals surface area contributed by atoms with Crippen LogP contribution in [0.3, 0.4) is 0 Å². The van der Waals surface area contributed by atoms with Crippen molar-refractivity contribution in [3.8, 4) is 0 Å². The Morgan fingerprint density at radius 2 is 0.495 bits per heavy atom. The molecule has 6 atom stereocenters. The van der Waals surface area contributed by atoms with Crippen molar-refractivity contribution in [2.75, 3.05) is 39.6 Å². The van der Waals surface area contributed by atoms with Gasteiger partial charge in [-0.1, -0.05) is 389 Å². The summed E-state index contributed by atoms with van der Waals surface area (Å²) in [4.78, 5) is 73.1. The molecular formula is C84H164O17P2. The Balaban J connectivity index is 5.22. The predicted molar refractivity (Wildman–Crippen MR) is 423 cm³/mol. The van der Waals surface area contributed by atoms with Crippen LogP contribution in [0.5, 0.6) is 0 Å². The van der Waals surface area contributed by atoms with E-state index in [-0.39, 0.29) is 25.7 Å². The first-order chi connectivity index (χ1) is 49.8. The van der Waals surface area contributed by atoms with Gasteiger partial charge in [-0.05, 0) is 43.4 Å². The standard InChI is InChI=1S/C84H164O17P2/c1-8-10-11-12-13-14-15-16-17-18-22-25-28-31-37-44-51-58-65-81(86)94-71-79(100-83(88)67-60-53-45-38-32-29-26-23-20-19-21-24-27-30-36-43-50-57-64-77(7)9-2)73-98-102(90,91)96-69-78(85)70-97-103(92,93)99-74-80(72-95-82(87)66-59-52-47-40-42-49-56-63-76(5)6)101-84(89)68-61-54-46-39-34-33-35-41-48-55-62-75(3)4/h75-80,85H,8-74H2,1-7H3,(H,90,91)(H,92,93)/t77?,78-,79-,80-/m1/s1. The van der Waals surface area contributed by atoms with Crippen molar-refractivity contribution in [3.63, 3.8) is 0 Å². The van der Waals surface area contributed by atoms with Crippen molar-refractivity contribution in [1.82, 2.24) is 0 Å². The lowest BCUT2D eigenvalue weighted by Gasteiger charge is -2.21. The summed E-state index contributed by atoms with van der Waals surface area (Å²) in [5.41, 5.74) is 0. The molecule has 3 N–H and O–H groups in total. The maximum atomic E-state index is 13.1. The van der Waals surface area contributed by atoms with Gasteiger partial charge in [-0.3, -0.25) is 37.3 Å². The van der Waals surface area contributed by atoms with Crippen LogP contribution in [0.4, 0.5) is 0 Å². The van der Waals surface area contributed by atoms with Crippen molar-refractivity contribution >= 4 is 39.5 Å². The zero-order valence-corrected chi connectivity index (χ0v) is 69.6. The minimum atomic E-state index is -4.96. The number of esters is 4. The zero-order chi connectivity index (χ0) is 75.8. The fraction of sp³-hybridized carbons (Fsp3) is 0.952. The molecule has 0 aliphatic rings. The number of aliphatic hydroxyl groups is 1. The normalized spacial score (nSPS) is 14.2. The molecular weight excluding hydrogens is 1340 g/mol. The highest BCUT2D eigenvalue weighted by Gasteiger charge is 2.30. The summed E-state index contributed by atoms with van der Waals surface area (Å²) in [6, 6.07) is 0. The van der Waals surface area contributed by atoms with E-state index >= 15 is 0 Å². The molecule has 0 saturated heterocycles. The third kappa shape index (κ3) is 76.6. The Bertz CT molecular complexity index is 1990. The van der Waals surface area contributed by atoms with Gasteiger partial charge in [0.05, 0.1) is 26.4 Å². The van der Waals surface area contributed by atoms with Gasteiger partial charge in [0.15, 0.2) is 12.2 Å². The second kappa shape index (κ2) is 74.2. The average molecular weight is 1510 g/mol. The fourth-order valence-electron chi connectivity index (χ4n) is 13.0. The number of unbranched alkanes of at least 4 members (excludes halogenated alkanes) is 49. The van der Waals surface area contributed by atoms with Gasteiger partial charge in [-0.2, -0.15) is 0 Å². The van der Waals surface area contributed by atoms with Gasteiger partial charge in [0.1, 0.15) is 19.3 Å². The number of rotatable bonds is 82. The maximum Gasteiger partial charge on any atom is 0.472 e. The van der Waals surface area contributed by atoms with Gasteiger partial charge >= 0.3 is 39.5 Å². The van der Waals surface area contributed by atoms with E-state index < -0.39 is 97.5 Å². The molecule has 0 amide bonds. The highest BCUT2D eigenvalue weighted by Crippen LogP contribution is 2.45. The molecule has 0 aromatic carbocycles. The molecule has 612 valence electrons. The van der Waals surface area contributed by atoms with Gasteiger partial charge in [0, 0.05) is 25.7 Å². The van der Waals surface area contributed by atoms with Gasteiger partial charge in [-0.25, -0.2) is 9.13 Å². The lowest BCUT2D eigenvalue weighted by molar-refractivity contribution is -0.161. The van der Waals surface area contributed by atoms with Gasteiger partial charge in [0.25, 0.3) is 0 Å². The molecule has 0 aliphatic carbocycles. The largest absolute Gasteiger partial charge is 0.472 e. The van der Waals surface area contributed by atoms with E-state index in [1.54, 1.807) is 0 Å². The predicted octanol–water partition coefficient (Wildman–Crippen LogP) is 25.3. The minimum absolute atomic E-state index is 0.105. The first-order valence-electron chi connectivity index (χ1n) is 43.4. The maximum absolute atomic E-state index is 13.1. The number of hydrogen-bond donors (Lipinski definition) is 3. The Hall–Kier alpha value is -1.94. The molecule has 0 saturated carbocycles. The number of carbonyl (C=O) groups excluding carboxylic acids is 4. The highest BCUT2D eigenvalue weighted by molar-refractivity contribution is 7.47. The van der Waals surface area contributed by atoms with E-state index in [0.29, 0.717) is 31.6 Å². The molecule has 0 rings (SSSR count). The molecule has 0 radical (unpaired) electrons. The van der Waals surface area contributed by atoms with Crippen molar-refractivity contribution in [1.29, 1.82) is 0 Å². The molecule has 103 heavy (non-hydrogen) atoms. The number of ether oxygens (including phenoxy) is 4. The summed E-state index contributed by atoms with van der Waals surface area (Å²) in [5, 5.41) is 10.7. The smallest absolute Gasteiger partial charge is 0.462 e. The SMILES string of the molecule is CCCCCCCCCCCCCCCCCCCCC(=O)OC[C@H](COP(=O)(O)OC[C@@H](O)COP(=O)(O)OC[C@@H](COC(=O)CCCCCCCCCC(C)C)OC(=O)CCCCCCCCCCCCC(C)C)OC(=O)CCCCCCCCCCCCCCCCCCCCC(C)CC. The second-order valence-corrected chi connectivity index (χ2v) is 34.3. The zero-order valence-electron chi connectivity index (χ0n) is 67.8. The first-order valence-corrected chi connectivity index (χ1v) is 46.4. The molecule has 19 heteroatoms. The summed E-state index contributed by atoms with van der Waals surface area (Å²) in [7, 11) is -9.92. The Kier molecular flexibility index (Phi) is 72.8. The van der Waals surface area contributed by atoms with E-state index in [1.165, 1.54) is 244 Å². The van der Waals surface area contributed by atoms with Crippen molar-refractivity contribution < 1.29 is 80.2 Å². The summed E-state index contributed by atoms with van der Waals surface area (Å²) in [6.45, 7) is 12.0. The molecule has 17 nitrogen and oxygen atoms in total. The van der Waals surface area contributed by atoms with Crippen LogP contribution in [0, 0.1) is 17.8 Å². The molecule has 0 bridgehead atoms. The summed E-state index contributed by atoms with van der Waals surface area (Å²) >= 11 is 0. The molecule has 3 unspecified atom stereocenters. The van der Waals surface area contributed by atoms with E-state index in [2.05, 4.69) is 48.5 Å². The third-order valence-corrected chi connectivity index (χ3v) is 21.9. The third-order valence-electron chi connectivity index (χ3n) is 20.0. The summed E-state index contributed by atoms with van der Waals surface area (Å²) < 4.78 is 68.8. The van der Waals surface area contributed by atoms with Gasteiger partial charge in [-0.15, -0.1) is 0 Å². The average Bonchev–Trinajstić information content (AvgIpc) is 0.920. The molecule has 0 aromatic rings. The van der Waals surface area contributed by atoms with Crippen LogP contribution in [0.2, 0.25) is 0 Å². The number of phosphoric ester groups is 2. The number of hydrogen-bond acceptors (Lipinski definition) is 15. The molecule has 0 fully saturated rings. The highest BCUT2D eigenvalue weighted by atomic mass is 31.2. The molecule has 0 heterocycles. The molecule has 0 aliphatic heterocycles. The minimum Gasteiger partial charge on any atom is -0.462 e. The fourth-order valence-corrected chi connectivity index (χ4v) is 14.6. The van der Waals surface area contributed by atoms with Crippen molar-refractivity contribution in [2.24, 2.45) is 17.8 Å². The van der Waals surface area contributed by atoms with Gasteiger partial charge < -0.3 is 33.8 Å². The van der Waals surface area contributed by atoms with E-state index in [9.17, 15) is 43.2 Å². The van der Waals surface area contributed by atoms with Crippen LogP contribution in [-0.4, -0.2) is 96.7 Å². The Labute approximate surface area is 632 Å². The van der Waals surface area contributed by atoms with Crippen molar-refractivity contribution in [3.05, 3.63) is 0 Å². The van der Waals surface area contributed by atoms with Crippen LogP contribution in [0.1, 0.15) is 440 Å². The van der Waals surface area contributed by atoms with E-state index in [0.717, 1.165) is 108 Å². The van der Waals surface area contributed by atoms with Crippen LogP contribution in [0.15, 0.2) is 0 Å². The molecule has 0 aromatic heterocycles. The van der Waals surface area contributed by atoms with Gasteiger partial charge in [0.2, 0.25) is 0 Å². The number of phosphoric acid groups is 2.